The third-order valence-corrected chi connectivity index (χ3v) is 2.75. The Labute approximate surface area is 97.5 Å². The summed E-state index contributed by atoms with van der Waals surface area (Å²) in [5.41, 5.74) is 2.12. The van der Waals surface area contributed by atoms with Gasteiger partial charge in [0.05, 0.1) is 12.2 Å². The van der Waals surface area contributed by atoms with Crippen LogP contribution in [0.5, 0.6) is 0 Å². The van der Waals surface area contributed by atoms with E-state index in [-0.39, 0.29) is 0 Å². The minimum atomic E-state index is 0.740. The van der Waals surface area contributed by atoms with Crippen molar-refractivity contribution < 1.29 is 0 Å². The molecule has 1 N–H and O–H groups in total. The highest BCUT2D eigenvalue weighted by atomic mass is 79.9. The van der Waals surface area contributed by atoms with Crippen molar-refractivity contribution in [3.05, 3.63) is 58.8 Å². The monoisotopic (exact) mass is 262 g/mol. The van der Waals surface area contributed by atoms with Crippen LogP contribution in [-0.4, -0.2) is 4.98 Å². The minimum absolute atomic E-state index is 0.740. The second-order valence-electron chi connectivity index (χ2n) is 3.15. The third-order valence-electron chi connectivity index (χ3n) is 2.06. The molecule has 2 aromatic rings. The third kappa shape index (κ3) is 2.80. The van der Waals surface area contributed by atoms with Gasteiger partial charge in [0.25, 0.3) is 0 Å². The summed E-state index contributed by atoms with van der Waals surface area (Å²) >= 11 is 3.49. The average molecular weight is 263 g/mol. The van der Waals surface area contributed by atoms with Crippen molar-refractivity contribution in [2.24, 2.45) is 0 Å². The maximum atomic E-state index is 4.25. The van der Waals surface area contributed by atoms with Gasteiger partial charge >= 0.3 is 0 Å². The van der Waals surface area contributed by atoms with E-state index >= 15 is 0 Å². The van der Waals surface area contributed by atoms with E-state index in [1.54, 1.807) is 6.20 Å². The molecule has 0 aliphatic heterocycles. The van der Waals surface area contributed by atoms with E-state index in [0.717, 1.165) is 22.4 Å². The SMILES string of the molecule is Brc1ccccc1NCc1ccccn1. The van der Waals surface area contributed by atoms with Crippen LogP contribution >= 0.6 is 15.9 Å². The van der Waals surface area contributed by atoms with Gasteiger partial charge in [0, 0.05) is 16.4 Å². The Balaban J connectivity index is 2.03. The lowest BCUT2D eigenvalue weighted by Gasteiger charge is -2.07. The van der Waals surface area contributed by atoms with Crippen LogP contribution in [0, 0.1) is 0 Å². The Hall–Kier alpha value is -1.35. The summed E-state index contributed by atoms with van der Waals surface area (Å²) < 4.78 is 1.07. The summed E-state index contributed by atoms with van der Waals surface area (Å²) in [6, 6.07) is 14.0. The van der Waals surface area contributed by atoms with E-state index in [2.05, 4.69) is 26.2 Å². The summed E-state index contributed by atoms with van der Waals surface area (Å²) in [4.78, 5) is 4.25. The van der Waals surface area contributed by atoms with Crippen LogP contribution < -0.4 is 5.32 Å². The van der Waals surface area contributed by atoms with Crippen LogP contribution in [0.4, 0.5) is 5.69 Å². The van der Waals surface area contributed by atoms with Crippen molar-refractivity contribution in [3.63, 3.8) is 0 Å². The Morgan fingerprint density at radius 1 is 1.07 bits per heavy atom. The zero-order valence-electron chi connectivity index (χ0n) is 8.15. The molecule has 0 spiro atoms. The van der Waals surface area contributed by atoms with Crippen molar-refractivity contribution in [1.29, 1.82) is 0 Å². The maximum Gasteiger partial charge on any atom is 0.0594 e. The van der Waals surface area contributed by atoms with Gasteiger partial charge in [-0.2, -0.15) is 0 Å². The Morgan fingerprint density at radius 2 is 1.87 bits per heavy atom. The highest BCUT2D eigenvalue weighted by Crippen LogP contribution is 2.21. The van der Waals surface area contributed by atoms with E-state index in [4.69, 9.17) is 0 Å². The minimum Gasteiger partial charge on any atom is -0.378 e. The van der Waals surface area contributed by atoms with Crippen LogP contribution in [0.2, 0.25) is 0 Å². The van der Waals surface area contributed by atoms with Crippen LogP contribution in [-0.2, 0) is 6.54 Å². The maximum absolute atomic E-state index is 4.25. The standard InChI is InChI=1S/C12H11BrN2/c13-11-6-1-2-7-12(11)15-9-10-5-3-4-8-14-10/h1-8,15H,9H2. The van der Waals surface area contributed by atoms with E-state index in [0.29, 0.717) is 0 Å². The normalized spacial score (nSPS) is 9.93. The number of pyridine rings is 1. The summed E-state index contributed by atoms with van der Waals surface area (Å²) in [7, 11) is 0. The second-order valence-corrected chi connectivity index (χ2v) is 4.01. The molecule has 0 fully saturated rings. The van der Waals surface area contributed by atoms with E-state index < -0.39 is 0 Å². The van der Waals surface area contributed by atoms with Gasteiger partial charge in [0.15, 0.2) is 0 Å². The largest absolute Gasteiger partial charge is 0.378 e. The zero-order chi connectivity index (χ0) is 10.5. The topological polar surface area (TPSA) is 24.9 Å². The first-order valence-electron chi connectivity index (χ1n) is 4.74. The number of nitrogens with one attached hydrogen (secondary N) is 1. The second kappa shape index (κ2) is 4.94. The smallest absolute Gasteiger partial charge is 0.0594 e. The fourth-order valence-corrected chi connectivity index (χ4v) is 1.72. The fraction of sp³-hybridized carbons (Fsp3) is 0.0833. The molecule has 1 aromatic heterocycles. The molecule has 3 heteroatoms. The molecule has 0 aliphatic rings. The number of rotatable bonds is 3. The molecule has 0 amide bonds. The van der Waals surface area contributed by atoms with Crippen LogP contribution in [0.1, 0.15) is 5.69 Å². The van der Waals surface area contributed by atoms with Crippen molar-refractivity contribution in [3.8, 4) is 0 Å². The molecule has 0 bridgehead atoms. The molecule has 0 atom stereocenters. The molecule has 1 aromatic carbocycles. The van der Waals surface area contributed by atoms with Gasteiger partial charge in [0.2, 0.25) is 0 Å². The molecule has 2 rings (SSSR count). The van der Waals surface area contributed by atoms with Crippen LogP contribution in [0.3, 0.4) is 0 Å². The van der Waals surface area contributed by atoms with Crippen molar-refractivity contribution in [1.82, 2.24) is 4.98 Å². The lowest BCUT2D eigenvalue weighted by atomic mass is 10.3. The summed E-state index contributed by atoms with van der Waals surface area (Å²) in [6.07, 6.45) is 1.80. The van der Waals surface area contributed by atoms with Gasteiger partial charge in [-0.1, -0.05) is 18.2 Å². The molecule has 0 aliphatic carbocycles. The molecular weight excluding hydrogens is 252 g/mol. The number of halogens is 1. The fourth-order valence-electron chi connectivity index (χ4n) is 1.29. The summed E-state index contributed by atoms with van der Waals surface area (Å²) in [6.45, 7) is 0.740. The molecule has 1 heterocycles. The lowest BCUT2D eigenvalue weighted by molar-refractivity contribution is 1.04. The predicted octanol–water partition coefficient (Wildman–Crippen LogP) is 3.46. The first-order valence-corrected chi connectivity index (χ1v) is 5.54. The van der Waals surface area contributed by atoms with E-state index in [1.165, 1.54) is 0 Å². The van der Waals surface area contributed by atoms with Gasteiger partial charge in [-0.3, -0.25) is 4.98 Å². The molecule has 0 unspecified atom stereocenters. The van der Waals surface area contributed by atoms with Crippen LogP contribution in [0.15, 0.2) is 53.1 Å². The van der Waals surface area contributed by atoms with Crippen molar-refractivity contribution >= 4 is 21.6 Å². The Morgan fingerprint density at radius 3 is 2.60 bits per heavy atom. The number of hydrogen-bond acceptors (Lipinski definition) is 2. The van der Waals surface area contributed by atoms with Gasteiger partial charge in [-0.05, 0) is 40.2 Å². The number of benzene rings is 1. The molecule has 0 saturated carbocycles. The Kier molecular flexibility index (Phi) is 3.35. The van der Waals surface area contributed by atoms with Gasteiger partial charge in [-0.25, -0.2) is 0 Å². The molecule has 2 nitrogen and oxygen atoms in total. The molecule has 76 valence electrons. The number of hydrogen-bond donors (Lipinski definition) is 1. The number of anilines is 1. The van der Waals surface area contributed by atoms with E-state index in [9.17, 15) is 0 Å². The highest BCUT2D eigenvalue weighted by molar-refractivity contribution is 9.10. The highest BCUT2D eigenvalue weighted by Gasteiger charge is 1.97. The summed E-state index contributed by atoms with van der Waals surface area (Å²) in [5.74, 6) is 0. The molecule has 15 heavy (non-hydrogen) atoms. The number of para-hydroxylation sites is 1. The quantitative estimate of drug-likeness (QED) is 0.917. The first-order chi connectivity index (χ1) is 7.36. The van der Waals surface area contributed by atoms with Gasteiger partial charge in [0.1, 0.15) is 0 Å². The van der Waals surface area contributed by atoms with Crippen molar-refractivity contribution in [2.75, 3.05) is 5.32 Å². The average Bonchev–Trinajstić information content (AvgIpc) is 2.29. The lowest BCUT2D eigenvalue weighted by Crippen LogP contribution is -2.01. The van der Waals surface area contributed by atoms with Crippen molar-refractivity contribution in [2.45, 2.75) is 6.54 Å². The number of nitrogens with zero attached hydrogens (tertiary/aromatic N) is 1. The Bertz CT molecular complexity index is 429. The van der Waals surface area contributed by atoms with Crippen LogP contribution in [0.25, 0.3) is 0 Å². The zero-order valence-corrected chi connectivity index (χ0v) is 9.74. The van der Waals surface area contributed by atoms with Gasteiger partial charge in [-0.15, -0.1) is 0 Å². The molecule has 0 saturated heterocycles. The predicted molar refractivity (Wildman–Crippen MR) is 65.7 cm³/mol. The first kappa shape index (κ1) is 10.2. The molecular formula is C12H11BrN2. The van der Waals surface area contributed by atoms with E-state index in [1.807, 2.05) is 42.5 Å². The number of aromatic nitrogens is 1. The van der Waals surface area contributed by atoms with Gasteiger partial charge < -0.3 is 5.32 Å². The summed E-state index contributed by atoms with van der Waals surface area (Å²) in [5, 5.41) is 3.32. The molecule has 0 radical (unpaired) electrons.